The first-order valence-corrected chi connectivity index (χ1v) is 9.29. The van der Waals surface area contributed by atoms with E-state index < -0.39 is 0 Å². The van der Waals surface area contributed by atoms with Crippen molar-refractivity contribution in [1.29, 1.82) is 0 Å². The number of furan rings is 1. The van der Waals surface area contributed by atoms with E-state index in [4.69, 9.17) is 16.0 Å². The van der Waals surface area contributed by atoms with Crippen LogP contribution in [-0.4, -0.2) is 17.9 Å². The van der Waals surface area contributed by atoms with Gasteiger partial charge in [-0.05, 0) is 74.2 Å². The van der Waals surface area contributed by atoms with Gasteiger partial charge >= 0.3 is 0 Å². The number of amides is 2. The molecule has 1 aliphatic rings. The molecular formula is C21H19ClN2O3. The summed E-state index contributed by atoms with van der Waals surface area (Å²) in [6, 6.07) is 12.4. The number of anilines is 1. The number of nitrogens with one attached hydrogen (secondary N) is 2. The summed E-state index contributed by atoms with van der Waals surface area (Å²) in [7, 11) is 0. The summed E-state index contributed by atoms with van der Waals surface area (Å²) in [4.78, 5) is 24.7. The lowest BCUT2D eigenvalue weighted by Crippen LogP contribution is -2.39. The normalized spacial score (nSPS) is 14.0. The van der Waals surface area contributed by atoms with E-state index in [0.717, 1.165) is 30.2 Å². The molecule has 1 aromatic heterocycles. The minimum absolute atomic E-state index is 0.196. The van der Waals surface area contributed by atoms with Gasteiger partial charge in [0.2, 0.25) is 0 Å². The van der Waals surface area contributed by atoms with Crippen LogP contribution in [0.1, 0.15) is 45.7 Å². The highest BCUT2D eigenvalue weighted by atomic mass is 35.5. The van der Waals surface area contributed by atoms with E-state index in [9.17, 15) is 9.59 Å². The number of rotatable bonds is 4. The fourth-order valence-corrected chi connectivity index (χ4v) is 3.15. The van der Waals surface area contributed by atoms with Gasteiger partial charge in [0.25, 0.3) is 11.8 Å². The standard InChI is InChI=1S/C21H19ClN2O3/c1-12-9-13(5-7-17(12)22)20(25)24-16-6-8-18-14(10-16)11-19(27-18)21(26)23-15-3-2-4-15/h5-11,15H,2-4H2,1H3,(H,23,26)(H,24,25). The minimum Gasteiger partial charge on any atom is -0.451 e. The number of hydrogen-bond donors (Lipinski definition) is 2. The van der Waals surface area contributed by atoms with Crippen molar-refractivity contribution in [1.82, 2.24) is 5.32 Å². The van der Waals surface area contributed by atoms with E-state index in [-0.39, 0.29) is 23.6 Å². The smallest absolute Gasteiger partial charge is 0.287 e. The van der Waals surface area contributed by atoms with Crippen LogP contribution < -0.4 is 10.6 Å². The van der Waals surface area contributed by atoms with Gasteiger partial charge in [-0.2, -0.15) is 0 Å². The molecule has 6 heteroatoms. The summed E-state index contributed by atoms with van der Waals surface area (Å²) in [6.07, 6.45) is 3.19. The van der Waals surface area contributed by atoms with Crippen molar-refractivity contribution in [2.45, 2.75) is 32.2 Å². The van der Waals surface area contributed by atoms with Gasteiger partial charge in [0, 0.05) is 27.7 Å². The average Bonchev–Trinajstić information content (AvgIpc) is 3.03. The Balaban J connectivity index is 1.51. The van der Waals surface area contributed by atoms with E-state index in [0.29, 0.717) is 21.9 Å². The Morgan fingerprint density at radius 2 is 1.89 bits per heavy atom. The quantitative estimate of drug-likeness (QED) is 0.672. The lowest BCUT2D eigenvalue weighted by Gasteiger charge is -2.25. The Bertz CT molecular complexity index is 1040. The molecule has 4 rings (SSSR count). The van der Waals surface area contributed by atoms with Crippen molar-refractivity contribution in [3.63, 3.8) is 0 Å². The average molecular weight is 383 g/mol. The van der Waals surface area contributed by atoms with Crippen LogP contribution in [0.25, 0.3) is 11.0 Å². The molecule has 1 aliphatic carbocycles. The second-order valence-electron chi connectivity index (χ2n) is 6.88. The SMILES string of the molecule is Cc1cc(C(=O)Nc2ccc3oc(C(=O)NC4CCC4)cc3c2)ccc1Cl. The molecule has 3 aromatic rings. The molecule has 0 radical (unpaired) electrons. The van der Waals surface area contributed by atoms with Crippen molar-refractivity contribution >= 4 is 40.1 Å². The Labute approximate surface area is 161 Å². The molecule has 2 amide bonds. The van der Waals surface area contributed by atoms with Gasteiger partial charge in [0.15, 0.2) is 5.76 Å². The van der Waals surface area contributed by atoms with Gasteiger partial charge in [-0.1, -0.05) is 11.6 Å². The fraction of sp³-hybridized carbons (Fsp3) is 0.238. The highest BCUT2D eigenvalue weighted by Crippen LogP contribution is 2.25. The van der Waals surface area contributed by atoms with Crippen LogP contribution in [0.2, 0.25) is 5.02 Å². The van der Waals surface area contributed by atoms with Crippen LogP contribution in [0.4, 0.5) is 5.69 Å². The number of carbonyl (C=O) groups is 2. The third kappa shape index (κ3) is 3.69. The summed E-state index contributed by atoms with van der Waals surface area (Å²) < 4.78 is 5.63. The Kier molecular flexibility index (Phi) is 4.62. The molecule has 2 N–H and O–H groups in total. The Morgan fingerprint density at radius 1 is 1.07 bits per heavy atom. The van der Waals surface area contributed by atoms with Gasteiger partial charge in [-0.3, -0.25) is 9.59 Å². The van der Waals surface area contributed by atoms with Crippen molar-refractivity contribution in [2.24, 2.45) is 0 Å². The molecule has 0 bridgehead atoms. The highest BCUT2D eigenvalue weighted by Gasteiger charge is 2.22. The molecule has 1 heterocycles. The van der Waals surface area contributed by atoms with Crippen LogP contribution >= 0.6 is 11.6 Å². The van der Waals surface area contributed by atoms with Crippen molar-refractivity contribution in [3.8, 4) is 0 Å². The first kappa shape index (κ1) is 17.6. The Hall–Kier alpha value is -2.79. The first-order valence-electron chi connectivity index (χ1n) is 8.91. The summed E-state index contributed by atoms with van der Waals surface area (Å²) in [6.45, 7) is 1.85. The van der Waals surface area contributed by atoms with Crippen molar-refractivity contribution in [3.05, 3.63) is 64.4 Å². The number of fused-ring (bicyclic) bond motifs is 1. The van der Waals surface area contributed by atoms with E-state index in [1.54, 1.807) is 42.5 Å². The van der Waals surface area contributed by atoms with Crippen LogP contribution in [0.15, 0.2) is 46.9 Å². The lowest BCUT2D eigenvalue weighted by atomic mass is 9.93. The molecule has 5 nitrogen and oxygen atoms in total. The van der Waals surface area contributed by atoms with E-state index in [1.165, 1.54) is 0 Å². The number of carbonyl (C=O) groups excluding carboxylic acids is 2. The monoisotopic (exact) mass is 382 g/mol. The largest absolute Gasteiger partial charge is 0.451 e. The minimum atomic E-state index is -0.222. The topological polar surface area (TPSA) is 71.3 Å². The summed E-state index contributed by atoms with van der Waals surface area (Å²) in [5.74, 6) is -0.132. The van der Waals surface area contributed by atoms with Gasteiger partial charge in [-0.15, -0.1) is 0 Å². The third-order valence-corrected chi connectivity index (χ3v) is 5.28. The predicted molar refractivity (Wildman–Crippen MR) is 105 cm³/mol. The zero-order chi connectivity index (χ0) is 19.0. The maximum absolute atomic E-state index is 12.4. The van der Waals surface area contributed by atoms with E-state index in [2.05, 4.69) is 10.6 Å². The molecule has 138 valence electrons. The van der Waals surface area contributed by atoms with Crippen LogP contribution in [0.5, 0.6) is 0 Å². The molecule has 0 unspecified atom stereocenters. The number of hydrogen-bond acceptors (Lipinski definition) is 3. The number of aryl methyl sites for hydroxylation is 1. The second-order valence-corrected chi connectivity index (χ2v) is 7.29. The molecular weight excluding hydrogens is 364 g/mol. The number of benzene rings is 2. The molecule has 2 aromatic carbocycles. The zero-order valence-corrected chi connectivity index (χ0v) is 15.6. The van der Waals surface area contributed by atoms with Gasteiger partial charge in [0.05, 0.1) is 0 Å². The summed E-state index contributed by atoms with van der Waals surface area (Å²) in [5.41, 5.74) is 2.61. The van der Waals surface area contributed by atoms with E-state index >= 15 is 0 Å². The molecule has 1 fully saturated rings. The van der Waals surface area contributed by atoms with Gasteiger partial charge in [-0.25, -0.2) is 0 Å². The third-order valence-electron chi connectivity index (χ3n) is 4.86. The molecule has 0 saturated heterocycles. The highest BCUT2D eigenvalue weighted by molar-refractivity contribution is 6.31. The lowest BCUT2D eigenvalue weighted by molar-refractivity contribution is 0.0890. The molecule has 27 heavy (non-hydrogen) atoms. The fourth-order valence-electron chi connectivity index (χ4n) is 3.03. The molecule has 0 aliphatic heterocycles. The van der Waals surface area contributed by atoms with Crippen molar-refractivity contribution in [2.75, 3.05) is 5.32 Å². The first-order chi connectivity index (χ1) is 13.0. The van der Waals surface area contributed by atoms with Gasteiger partial charge < -0.3 is 15.1 Å². The maximum Gasteiger partial charge on any atom is 0.287 e. The summed E-state index contributed by atoms with van der Waals surface area (Å²) in [5, 5.41) is 7.21. The van der Waals surface area contributed by atoms with Crippen molar-refractivity contribution < 1.29 is 14.0 Å². The maximum atomic E-state index is 12.4. The van der Waals surface area contributed by atoms with Crippen LogP contribution in [-0.2, 0) is 0 Å². The zero-order valence-electron chi connectivity index (χ0n) is 14.8. The molecule has 1 saturated carbocycles. The molecule has 0 spiro atoms. The van der Waals surface area contributed by atoms with E-state index in [1.807, 2.05) is 6.92 Å². The van der Waals surface area contributed by atoms with Crippen LogP contribution in [0, 0.1) is 6.92 Å². The predicted octanol–water partition coefficient (Wildman–Crippen LogP) is 4.93. The van der Waals surface area contributed by atoms with Gasteiger partial charge in [0.1, 0.15) is 5.58 Å². The molecule has 0 atom stereocenters. The Morgan fingerprint density at radius 3 is 2.59 bits per heavy atom. The number of halogens is 1. The summed E-state index contributed by atoms with van der Waals surface area (Å²) >= 11 is 6.01. The second kappa shape index (κ2) is 7.08. The van der Waals surface area contributed by atoms with Crippen LogP contribution in [0.3, 0.4) is 0 Å².